The standard InChI is InChI=1S/C30H30ClF2N11O2/c1-16-4-2-7-24(17-5-3-6-18(10-17)27-22(39-29(16)46)13-38-44(27)30(34,35)36)42-15-37-21(12-26(42)45)20-11-19(31)8-9-25(20)43-14-23(28(32)33)40-41-43/h3,5-6,8-16,24,28H,2,4,7,34-36H2,1H3,(H,39,46). The molecule has 2 atom stereocenters. The second kappa shape index (κ2) is 12.2. The summed E-state index contributed by atoms with van der Waals surface area (Å²) in [5.74, 6) is -2.42. The van der Waals surface area contributed by atoms with Gasteiger partial charge in [0.1, 0.15) is 5.69 Å². The Morgan fingerprint density at radius 2 is 1.89 bits per heavy atom. The second-order valence-corrected chi connectivity index (χ2v) is 11.7. The summed E-state index contributed by atoms with van der Waals surface area (Å²) >= 11 is 6.28. The van der Waals surface area contributed by atoms with Crippen molar-refractivity contribution in [2.75, 3.05) is 5.32 Å². The highest BCUT2D eigenvalue weighted by Crippen LogP contribution is 2.35. The lowest BCUT2D eigenvalue weighted by Gasteiger charge is -2.25. The monoisotopic (exact) mass is 649 g/mol. The molecule has 2 aromatic carbocycles. The van der Waals surface area contributed by atoms with Gasteiger partial charge in [-0.3, -0.25) is 31.4 Å². The molecular weight excluding hydrogens is 620 g/mol. The molecule has 7 N–H and O–H groups in total. The molecule has 16 heteroatoms. The minimum Gasteiger partial charge on any atom is -0.323 e. The molecule has 0 radical (unpaired) electrons. The van der Waals surface area contributed by atoms with Gasteiger partial charge in [0, 0.05) is 28.1 Å². The van der Waals surface area contributed by atoms with E-state index in [4.69, 9.17) is 28.8 Å². The van der Waals surface area contributed by atoms with Crippen molar-refractivity contribution in [3.8, 4) is 28.2 Å². The third-order valence-corrected chi connectivity index (χ3v) is 8.12. The minimum atomic E-state index is -2.80. The Hall–Kier alpha value is -4.83. The van der Waals surface area contributed by atoms with Crippen LogP contribution in [0.1, 0.15) is 49.9 Å². The van der Waals surface area contributed by atoms with Crippen LogP contribution >= 0.6 is 11.6 Å². The van der Waals surface area contributed by atoms with Crippen molar-refractivity contribution >= 4 is 23.2 Å². The fourth-order valence-corrected chi connectivity index (χ4v) is 5.75. The normalized spacial score (nSPS) is 17.3. The molecule has 0 saturated heterocycles. The van der Waals surface area contributed by atoms with Crippen molar-refractivity contribution in [2.45, 2.75) is 44.6 Å². The fraction of sp³-hybridized carbons (Fsp3) is 0.267. The summed E-state index contributed by atoms with van der Waals surface area (Å²) in [5, 5.41) is 14.9. The average molecular weight is 650 g/mol. The first-order valence-electron chi connectivity index (χ1n) is 14.4. The highest BCUT2D eigenvalue weighted by Gasteiger charge is 2.28. The van der Waals surface area contributed by atoms with Crippen LogP contribution < -0.4 is 28.1 Å². The Kier molecular flexibility index (Phi) is 8.24. The first kappa shape index (κ1) is 31.2. The maximum Gasteiger partial charge on any atom is 0.283 e. The molecule has 0 fully saturated rings. The number of benzene rings is 2. The van der Waals surface area contributed by atoms with Gasteiger partial charge in [0.05, 0.1) is 47.5 Å². The molecule has 13 nitrogen and oxygen atoms in total. The van der Waals surface area contributed by atoms with Crippen LogP contribution in [0, 0.1) is 5.92 Å². The van der Waals surface area contributed by atoms with E-state index in [1.54, 1.807) is 24.3 Å². The van der Waals surface area contributed by atoms with E-state index in [2.05, 4.69) is 25.7 Å². The Balaban J connectivity index is 1.44. The minimum absolute atomic E-state index is 0.209. The van der Waals surface area contributed by atoms with Gasteiger partial charge >= 0.3 is 0 Å². The van der Waals surface area contributed by atoms with Gasteiger partial charge in [0.15, 0.2) is 0 Å². The fourth-order valence-electron chi connectivity index (χ4n) is 5.57. The van der Waals surface area contributed by atoms with E-state index >= 15 is 0 Å². The largest absolute Gasteiger partial charge is 0.323 e. The Morgan fingerprint density at radius 1 is 1.09 bits per heavy atom. The number of anilines is 1. The number of aromatic nitrogens is 7. The van der Waals surface area contributed by atoms with Crippen molar-refractivity contribution in [3.05, 3.63) is 93.9 Å². The van der Waals surface area contributed by atoms with Crippen LogP contribution in [0.15, 0.2) is 72.0 Å². The van der Waals surface area contributed by atoms with E-state index in [0.29, 0.717) is 52.5 Å². The highest BCUT2D eigenvalue weighted by atomic mass is 35.5. The predicted molar refractivity (Wildman–Crippen MR) is 167 cm³/mol. The van der Waals surface area contributed by atoms with E-state index in [-0.39, 0.29) is 23.1 Å². The van der Waals surface area contributed by atoms with Crippen LogP contribution in [-0.4, -0.2) is 40.2 Å². The number of carbonyl (C=O) groups excluding carboxylic acids is 1. The number of hydrogen-bond donors (Lipinski definition) is 4. The molecule has 3 aromatic heterocycles. The Bertz CT molecular complexity index is 1980. The molecule has 238 valence electrons. The van der Waals surface area contributed by atoms with Crippen molar-refractivity contribution in [2.24, 2.45) is 23.1 Å². The summed E-state index contributed by atoms with van der Waals surface area (Å²) in [6.45, 7) is 1.82. The van der Waals surface area contributed by atoms with Gasteiger partial charge in [-0.2, -0.15) is 5.10 Å². The van der Waals surface area contributed by atoms with Crippen LogP contribution in [0.5, 0.6) is 0 Å². The molecule has 0 saturated carbocycles. The Morgan fingerprint density at radius 3 is 2.61 bits per heavy atom. The van der Waals surface area contributed by atoms with Gasteiger partial charge in [-0.15, -0.1) is 5.10 Å². The van der Waals surface area contributed by atoms with Crippen molar-refractivity contribution in [3.63, 3.8) is 0 Å². The van der Waals surface area contributed by atoms with Crippen LogP contribution in [0.3, 0.4) is 0 Å². The maximum atomic E-state index is 13.8. The zero-order valence-electron chi connectivity index (χ0n) is 24.5. The first-order valence-corrected chi connectivity index (χ1v) is 14.7. The van der Waals surface area contributed by atoms with Crippen LogP contribution in [0.25, 0.3) is 28.2 Å². The molecule has 46 heavy (non-hydrogen) atoms. The molecule has 1 amide bonds. The highest BCUT2D eigenvalue weighted by molar-refractivity contribution is 6.31. The smallest absolute Gasteiger partial charge is 0.283 e. The number of nitrogens with two attached hydrogens (primary N) is 3. The van der Waals surface area contributed by atoms with E-state index < -0.39 is 24.1 Å². The van der Waals surface area contributed by atoms with Crippen LogP contribution in [0.2, 0.25) is 5.02 Å². The van der Waals surface area contributed by atoms with Gasteiger partial charge in [-0.1, -0.05) is 48.4 Å². The summed E-state index contributed by atoms with van der Waals surface area (Å²) in [4.78, 5) is 31.5. The summed E-state index contributed by atoms with van der Waals surface area (Å²) in [5.41, 5.74) is 20.4. The van der Waals surface area contributed by atoms with E-state index in [1.165, 1.54) is 32.5 Å². The number of hydrogen-bond acceptors (Lipinski definition) is 9. The predicted octanol–water partition coefficient (Wildman–Crippen LogP) is 3.74. The second-order valence-electron chi connectivity index (χ2n) is 11.2. The Labute approximate surface area is 266 Å². The molecular formula is C30H30ClF2N11O2. The zero-order chi connectivity index (χ0) is 32.7. The third kappa shape index (κ3) is 6.04. The number of nitrogens with one attached hydrogen (secondary N) is 1. The molecule has 5 aromatic rings. The lowest BCUT2D eigenvalue weighted by Crippen LogP contribution is -2.60. The SMILES string of the molecule is CC1CCCC(n2cnc(-c3cc(Cl)ccc3-n3cc(C(F)F)nn3)cc2=O)c2cccc(c2)-c2c(cnn2C(N)(N)N)NC1=O. The lowest BCUT2D eigenvalue weighted by molar-refractivity contribution is -0.119. The summed E-state index contributed by atoms with van der Waals surface area (Å²) in [6, 6.07) is 13.0. The van der Waals surface area contributed by atoms with Crippen molar-refractivity contribution in [1.29, 1.82) is 0 Å². The summed E-state index contributed by atoms with van der Waals surface area (Å²) in [6.07, 6.45) is 2.88. The average Bonchev–Trinajstić information content (AvgIpc) is 3.67. The number of nitrogens with zero attached hydrogens (tertiary/aromatic N) is 7. The van der Waals surface area contributed by atoms with E-state index in [1.807, 2.05) is 25.1 Å². The zero-order valence-corrected chi connectivity index (χ0v) is 25.3. The van der Waals surface area contributed by atoms with Gasteiger partial charge in [-0.05, 0) is 42.7 Å². The number of amides is 1. The number of fused-ring (bicyclic) bond motifs is 4. The quantitative estimate of drug-likeness (QED) is 0.205. The summed E-state index contributed by atoms with van der Waals surface area (Å²) < 4.78 is 30.4. The van der Waals surface area contributed by atoms with Crippen LogP contribution in [0.4, 0.5) is 14.5 Å². The lowest BCUT2D eigenvalue weighted by atomic mass is 9.94. The summed E-state index contributed by atoms with van der Waals surface area (Å²) in [7, 11) is 0. The van der Waals surface area contributed by atoms with E-state index in [9.17, 15) is 18.4 Å². The van der Waals surface area contributed by atoms with Gasteiger partial charge in [0.2, 0.25) is 11.8 Å². The molecule has 2 bridgehead atoms. The number of carbonyl (C=O) groups is 1. The number of alkyl halides is 2. The topological polar surface area (TPSA) is 191 Å². The van der Waals surface area contributed by atoms with Crippen molar-refractivity contribution < 1.29 is 13.6 Å². The third-order valence-electron chi connectivity index (χ3n) is 7.89. The van der Waals surface area contributed by atoms with Gasteiger partial charge < -0.3 is 5.32 Å². The number of halogens is 3. The first-order chi connectivity index (χ1) is 21.9. The molecule has 1 aliphatic rings. The molecule has 0 spiro atoms. The van der Waals surface area contributed by atoms with Gasteiger partial charge in [-0.25, -0.2) is 23.1 Å². The maximum absolute atomic E-state index is 13.8. The molecule has 1 aliphatic heterocycles. The van der Waals surface area contributed by atoms with E-state index in [0.717, 1.165) is 11.8 Å². The van der Waals surface area contributed by atoms with Gasteiger partial charge in [0.25, 0.3) is 12.0 Å². The molecule has 4 heterocycles. The molecule has 6 rings (SSSR count). The van der Waals surface area contributed by atoms with Crippen LogP contribution in [-0.2, 0) is 10.7 Å². The molecule has 0 aliphatic carbocycles. The van der Waals surface area contributed by atoms with Crippen molar-refractivity contribution in [1.82, 2.24) is 34.3 Å². The molecule has 2 unspecified atom stereocenters. The number of rotatable bonds is 5.